The molecule has 0 aliphatic carbocycles. The third-order valence-electron chi connectivity index (χ3n) is 2.96. The zero-order valence-corrected chi connectivity index (χ0v) is 14.0. The van der Waals surface area contributed by atoms with Gasteiger partial charge in [-0.05, 0) is 49.0 Å². The lowest BCUT2D eigenvalue weighted by molar-refractivity contribution is 0.553. The molecule has 0 radical (unpaired) electrons. The summed E-state index contributed by atoms with van der Waals surface area (Å²) in [6.45, 7) is 3.28. The summed E-state index contributed by atoms with van der Waals surface area (Å²) in [5.74, 6) is 1.07. The van der Waals surface area contributed by atoms with Crippen molar-refractivity contribution < 1.29 is 0 Å². The molecule has 1 heterocycles. The molecule has 0 bridgehead atoms. The summed E-state index contributed by atoms with van der Waals surface area (Å²) in [5.41, 5.74) is 0. The third kappa shape index (κ3) is 5.49. The maximum absolute atomic E-state index is 6.03. The second kappa shape index (κ2) is 8.73. The van der Waals surface area contributed by atoms with E-state index in [0.29, 0.717) is 6.04 Å². The van der Waals surface area contributed by atoms with Gasteiger partial charge in [-0.25, -0.2) is 0 Å². The Balaban J connectivity index is 1.89. The highest BCUT2D eigenvalue weighted by atomic mass is 35.5. The molecule has 0 saturated carbocycles. The van der Waals surface area contributed by atoms with Gasteiger partial charge in [-0.1, -0.05) is 30.7 Å². The zero-order valence-electron chi connectivity index (χ0n) is 11.6. The summed E-state index contributed by atoms with van der Waals surface area (Å²) in [6, 6.07) is 12.9. The molecule has 0 saturated heterocycles. The third-order valence-corrected chi connectivity index (χ3v) is 5.25. The number of rotatable bonds is 8. The van der Waals surface area contributed by atoms with Crippen molar-refractivity contribution in [1.82, 2.24) is 5.32 Å². The van der Waals surface area contributed by atoms with Crippen LogP contribution in [0.1, 0.15) is 18.2 Å². The summed E-state index contributed by atoms with van der Waals surface area (Å²) >= 11 is 9.74. The van der Waals surface area contributed by atoms with Gasteiger partial charge < -0.3 is 5.32 Å². The first kappa shape index (κ1) is 15.9. The lowest BCUT2D eigenvalue weighted by Gasteiger charge is -2.17. The molecule has 20 heavy (non-hydrogen) atoms. The van der Waals surface area contributed by atoms with Crippen molar-refractivity contribution in [2.75, 3.05) is 12.3 Å². The summed E-state index contributed by atoms with van der Waals surface area (Å²) in [4.78, 5) is 2.69. The van der Waals surface area contributed by atoms with Gasteiger partial charge in [-0.3, -0.25) is 0 Å². The molecular weight excluding hydrogens is 306 g/mol. The van der Waals surface area contributed by atoms with Crippen molar-refractivity contribution in [2.24, 2.45) is 0 Å². The minimum Gasteiger partial charge on any atom is -0.313 e. The maximum atomic E-state index is 6.03. The van der Waals surface area contributed by atoms with Gasteiger partial charge in [0.1, 0.15) is 0 Å². The first-order valence-electron chi connectivity index (χ1n) is 6.92. The Kier molecular flexibility index (Phi) is 6.94. The average Bonchev–Trinajstić information content (AvgIpc) is 2.95. The van der Waals surface area contributed by atoms with Gasteiger partial charge in [0.2, 0.25) is 0 Å². The Morgan fingerprint density at radius 3 is 2.90 bits per heavy atom. The molecule has 0 fully saturated rings. The predicted molar refractivity (Wildman–Crippen MR) is 92.3 cm³/mol. The number of hydrogen-bond donors (Lipinski definition) is 1. The Morgan fingerprint density at radius 1 is 1.30 bits per heavy atom. The normalized spacial score (nSPS) is 12.5. The zero-order chi connectivity index (χ0) is 14.2. The molecule has 1 N–H and O–H groups in total. The SMILES string of the molecule is CCCNC(CSc1cccc(Cl)c1)Cc1cccs1. The van der Waals surface area contributed by atoms with Crippen LogP contribution in [-0.4, -0.2) is 18.3 Å². The fourth-order valence-corrected chi connectivity index (χ4v) is 4.02. The second-order valence-electron chi connectivity index (χ2n) is 4.70. The monoisotopic (exact) mass is 325 g/mol. The molecule has 2 aromatic rings. The highest BCUT2D eigenvalue weighted by Crippen LogP contribution is 2.23. The molecule has 4 heteroatoms. The Morgan fingerprint density at radius 2 is 2.20 bits per heavy atom. The van der Waals surface area contributed by atoms with Crippen LogP contribution >= 0.6 is 34.7 Å². The molecular formula is C16H20ClNS2. The molecule has 2 rings (SSSR count). The molecule has 1 aromatic heterocycles. The van der Waals surface area contributed by atoms with E-state index >= 15 is 0 Å². The number of halogens is 1. The first-order chi connectivity index (χ1) is 9.78. The summed E-state index contributed by atoms with van der Waals surface area (Å²) in [7, 11) is 0. The van der Waals surface area contributed by atoms with E-state index in [4.69, 9.17) is 11.6 Å². The molecule has 0 amide bonds. The second-order valence-corrected chi connectivity index (χ2v) is 7.27. The van der Waals surface area contributed by atoms with E-state index in [9.17, 15) is 0 Å². The highest BCUT2D eigenvalue weighted by Gasteiger charge is 2.10. The Hall–Kier alpha value is -0.480. The number of thioether (sulfide) groups is 1. The van der Waals surface area contributed by atoms with Gasteiger partial charge in [-0.2, -0.15) is 0 Å². The molecule has 1 aromatic carbocycles. The van der Waals surface area contributed by atoms with Gasteiger partial charge in [0.25, 0.3) is 0 Å². The van der Waals surface area contributed by atoms with Gasteiger partial charge in [-0.15, -0.1) is 23.1 Å². The van der Waals surface area contributed by atoms with Crippen molar-refractivity contribution in [1.29, 1.82) is 0 Å². The number of nitrogens with one attached hydrogen (secondary N) is 1. The Bertz CT molecular complexity index is 499. The van der Waals surface area contributed by atoms with E-state index < -0.39 is 0 Å². The van der Waals surface area contributed by atoms with Crippen molar-refractivity contribution in [2.45, 2.75) is 30.7 Å². The van der Waals surface area contributed by atoms with E-state index in [2.05, 4.69) is 35.8 Å². The van der Waals surface area contributed by atoms with Crippen LogP contribution in [0.5, 0.6) is 0 Å². The lowest BCUT2D eigenvalue weighted by Crippen LogP contribution is -2.33. The topological polar surface area (TPSA) is 12.0 Å². The summed E-state index contributed by atoms with van der Waals surface area (Å²) in [5, 5.41) is 6.61. The fourth-order valence-electron chi connectivity index (χ4n) is 1.96. The summed E-state index contributed by atoms with van der Waals surface area (Å²) < 4.78 is 0. The summed E-state index contributed by atoms with van der Waals surface area (Å²) in [6.07, 6.45) is 2.27. The molecule has 1 atom stereocenters. The maximum Gasteiger partial charge on any atom is 0.0417 e. The van der Waals surface area contributed by atoms with E-state index in [1.165, 1.54) is 16.2 Å². The van der Waals surface area contributed by atoms with Crippen LogP contribution in [0, 0.1) is 0 Å². The van der Waals surface area contributed by atoms with Gasteiger partial charge >= 0.3 is 0 Å². The number of thiophene rings is 1. The van der Waals surface area contributed by atoms with E-state index in [-0.39, 0.29) is 0 Å². The van der Waals surface area contributed by atoms with Gasteiger partial charge in [0, 0.05) is 26.6 Å². The van der Waals surface area contributed by atoms with Gasteiger partial charge in [0.15, 0.2) is 0 Å². The van der Waals surface area contributed by atoms with E-state index in [1.807, 2.05) is 41.3 Å². The molecule has 0 aliphatic rings. The minimum absolute atomic E-state index is 0.512. The van der Waals surface area contributed by atoms with Crippen molar-refractivity contribution in [3.63, 3.8) is 0 Å². The van der Waals surface area contributed by atoms with Crippen LogP contribution in [0.4, 0.5) is 0 Å². The van der Waals surface area contributed by atoms with Crippen LogP contribution in [0.3, 0.4) is 0 Å². The molecule has 1 unspecified atom stereocenters. The van der Waals surface area contributed by atoms with Gasteiger partial charge in [0.05, 0.1) is 0 Å². The molecule has 0 spiro atoms. The lowest BCUT2D eigenvalue weighted by atomic mass is 10.2. The molecule has 0 aliphatic heterocycles. The minimum atomic E-state index is 0.512. The molecule has 108 valence electrons. The van der Waals surface area contributed by atoms with Crippen molar-refractivity contribution in [3.05, 3.63) is 51.7 Å². The first-order valence-corrected chi connectivity index (χ1v) is 9.16. The van der Waals surface area contributed by atoms with Crippen molar-refractivity contribution in [3.8, 4) is 0 Å². The smallest absolute Gasteiger partial charge is 0.0417 e. The highest BCUT2D eigenvalue weighted by molar-refractivity contribution is 7.99. The van der Waals surface area contributed by atoms with Crippen molar-refractivity contribution >= 4 is 34.7 Å². The van der Waals surface area contributed by atoms with Crippen LogP contribution in [-0.2, 0) is 6.42 Å². The van der Waals surface area contributed by atoms with Crippen LogP contribution in [0.15, 0.2) is 46.7 Å². The van der Waals surface area contributed by atoms with E-state index in [1.54, 1.807) is 0 Å². The van der Waals surface area contributed by atoms with Crippen LogP contribution in [0.2, 0.25) is 5.02 Å². The van der Waals surface area contributed by atoms with Crippen LogP contribution < -0.4 is 5.32 Å². The number of hydrogen-bond acceptors (Lipinski definition) is 3. The van der Waals surface area contributed by atoms with Crippen LogP contribution in [0.25, 0.3) is 0 Å². The quantitative estimate of drug-likeness (QED) is 0.677. The fraction of sp³-hybridized carbons (Fsp3) is 0.375. The standard InChI is InChI=1S/C16H20ClNS2/c1-2-8-18-14(11-16-7-4-9-19-16)12-20-15-6-3-5-13(17)10-15/h3-7,9-10,14,18H,2,8,11-12H2,1H3. The predicted octanol–water partition coefficient (Wildman–Crippen LogP) is 5.10. The Labute approximate surface area is 134 Å². The van der Waals surface area contributed by atoms with E-state index in [0.717, 1.165) is 23.7 Å². The largest absolute Gasteiger partial charge is 0.313 e. The average molecular weight is 326 g/mol. The molecule has 1 nitrogen and oxygen atoms in total. The number of benzene rings is 1.